The van der Waals surface area contributed by atoms with Crippen molar-refractivity contribution in [2.45, 2.75) is 52.9 Å². The Morgan fingerprint density at radius 3 is 2.69 bits per heavy atom. The molecule has 0 aromatic rings. The van der Waals surface area contributed by atoms with Gasteiger partial charge in [-0.25, -0.2) is 0 Å². The molecule has 13 heavy (non-hydrogen) atoms. The van der Waals surface area contributed by atoms with Crippen molar-refractivity contribution in [2.75, 3.05) is 0 Å². The molecule has 0 aromatic heterocycles. The van der Waals surface area contributed by atoms with E-state index in [2.05, 4.69) is 32.9 Å². The van der Waals surface area contributed by atoms with Crippen LogP contribution in [0.5, 0.6) is 0 Å². The summed E-state index contributed by atoms with van der Waals surface area (Å²) in [6, 6.07) is 0. The third-order valence-corrected chi connectivity index (χ3v) is 2.97. The second-order valence-corrected chi connectivity index (χ2v) is 4.29. The number of hydrogen-bond acceptors (Lipinski definition) is 0. The lowest BCUT2D eigenvalue weighted by molar-refractivity contribution is 0.490. The Morgan fingerprint density at radius 1 is 1.46 bits per heavy atom. The molecule has 0 bridgehead atoms. The summed E-state index contributed by atoms with van der Waals surface area (Å²) >= 11 is 0. The van der Waals surface area contributed by atoms with Gasteiger partial charge in [-0.1, -0.05) is 44.4 Å². The lowest BCUT2D eigenvalue weighted by atomic mass is 9.91. The van der Waals surface area contributed by atoms with Gasteiger partial charge < -0.3 is 0 Å². The predicted octanol–water partition coefficient (Wildman–Crippen LogP) is 4.48. The van der Waals surface area contributed by atoms with Crippen molar-refractivity contribution in [1.82, 2.24) is 0 Å². The van der Waals surface area contributed by atoms with Gasteiger partial charge in [0.05, 0.1) is 0 Å². The minimum Gasteiger partial charge on any atom is -0.0807 e. The zero-order chi connectivity index (χ0) is 9.68. The molecular formula is C13H22. The lowest BCUT2D eigenvalue weighted by Gasteiger charge is -2.15. The Bertz CT molecular complexity index is 208. The topological polar surface area (TPSA) is 0 Å². The van der Waals surface area contributed by atoms with Gasteiger partial charge in [-0.05, 0) is 37.7 Å². The lowest BCUT2D eigenvalue weighted by Crippen LogP contribution is -1.97. The minimum atomic E-state index is 0.909. The monoisotopic (exact) mass is 178 g/mol. The molecule has 0 aromatic carbocycles. The molecule has 0 spiro atoms. The molecule has 1 atom stereocenters. The van der Waals surface area contributed by atoms with Crippen LogP contribution in [-0.2, 0) is 0 Å². The van der Waals surface area contributed by atoms with Crippen molar-refractivity contribution < 1.29 is 0 Å². The smallest absolute Gasteiger partial charge is 0.00923 e. The summed E-state index contributed by atoms with van der Waals surface area (Å²) < 4.78 is 0. The van der Waals surface area contributed by atoms with Crippen molar-refractivity contribution in [2.24, 2.45) is 5.92 Å². The fraction of sp³-hybridized carbons (Fsp3) is 0.692. The fourth-order valence-electron chi connectivity index (χ4n) is 1.85. The van der Waals surface area contributed by atoms with E-state index in [1.54, 1.807) is 5.57 Å². The van der Waals surface area contributed by atoms with E-state index in [0.717, 1.165) is 5.92 Å². The van der Waals surface area contributed by atoms with Crippen molar-refractivity contribution in [3.63, 3.8) is 0 Å². The van der Waals surface area contributed by atoms with Gasteiger partial charge in [-0.2, -0.15) is 0 Å². The highest BCUT2D eigenvalue weighted by Crippen LogP contribution is 2.26. The number of allylic oxidation sites excluding steroid dienone is 4. The maximum absolute atomic E-state index is 2.43. The van der Waals surface area contributed by atoms with Crippen molar-refractivity contribution in [3.05, 3.63) is 23.3 Å². The van der Waals surface area contributed by atoms with Crippen LogP contribution in [0.2, 0.25) is 0 Å². The first kappa shape index (κ1) is 10.6. The Labute approximate surface area is 82.7 Å². The van der Waals surface area contributed by atoms with Crippen LogP contribution in [-0.4, -0.2) is 0 Å². The third-order valence-electron chi connectivity index (χ3n) is 2.97. The molecule has 0 aliphatic heterocycles. The summed E-state index contributed by atoms with van der Waals surface area (Å²) in [5, 5.41) is 0. The molecule has 0 fully saturated rings. The summed E-state index contributed by atoms with van der Waals surface area (Å²) in [7, 11) is 0. The molecule has 74 valence electrons. The quantitative estimate of drug-likeness (QED) is 0.582. The van der Waals surface area contributed by atoms with Crippen LogP contribution in [0.1, 0.15) is 52.9 Å². The summed E-state index contributed by atoms with van der Waals surface area (Å²) in [5.41, 5.74) is 3.09. The van der Waals surface area contributed by atoms with Gasteiger partial charge in [0.15, 0.2) is 0 Å². The maximum Gasteiger partial charge on any atom is -0.00923 e. The van der Waals surface area contributed by atoms with E-state index in [-0.39, 0.29) is 0 Å². The van der Waals surface area contributed by atoms with Gasteiger partial charge in [-0.15, -0.1) is 0 Å². The van der Waals surface area contributed by atoms with E-state index in [1.165, 1.54) is 37.7 Å². The third kappa shape index (κ3) is 3.38. The van der Waals surface area contributed by atoms with Crippen LogP contribution in [0.4, 0.5) is 0 Å². The molecule has 0 heteroatoms. The van der Waals surface area contributed by atoms with Crippen molar-refractivity contribution in [3.8, 4) is 0 Å². The molecule has 1 aliphatic carbocycles. The predicted molar refractivity (Wildman–Crippen MR) is 59.8 cm³/mol. The molecule has 0 radical (unpaired) electrons. The van der Waals surface area contributed by atoms with Crippen LogP contribution < -0.4 is 0 Å². The van der Waals surface area contributed by atoms with E-state index in [0.29, 0.717) is 0 Å². The molecule has 0 heterocycles. The second kappa shape index (κ2) is 5.26. The van der Waals surface area contributed by atoms with Gasteiger partial charge in [0.2, 0.25) is 0 Å². The summed E-state index contributed by atoms with van der Waals surface area (Å²) in [5.74, 6) is 0.909. The molecule has 0 saturated carbocycles. The van der Waals surface area contributed by atoms with Crippen LogP contribution in [0.15, 0.2) is 23.3 Å². The highest BCUT2D eigenvalue weighted by atomic mass is 14.1. The first-order valence-electron chi connectivity index (χ1n) is 5.60. The van der Waals surface area contributed by atoms with Gasteiger partial charge in [0.1, 0.15) is 0 Å². The Kier molecular flexibility index (Phi) is 4.27. The van der Waals surface area contributed by atoms with Crippen LogP contribution >= 0.6 is 0 Å². The van der Waals surface area contributed by atoms with Gasteiger partial charge in [-0.3, -0.25) is 0 Å². The van der Waals surface area contributed by atoms with E-state index >= 15 is 0 Å². The Balaban J connectivity index is 2.14. The largest absolute Gasteiger partial charge is 0.0807 e. The molecule has 0 N–H and O–H groups in total. The Hall–Kier alpha value is -0.520. The van der Waals surface area contributed by atoms with Crippen molar-refractivity contribution >= 4 is 0 Å². The maximum atomic E-state index is 2.43. The normalized spacial score (nSPS) is 21.2. The molecule has 0 saturated heterocycles. The Morgan fingerprint density at radius 2 is 2.23 bits per heavy atom. The standard InChI is InChI=1S/C13H22/c1-4-6-11(2)7-5-8-13-10-9-12(13)3/h8-9,11H,4-7,10H2,1-3H3. The van der Waals surface area contributed by atoms with Gasteiger partial charge in [0.25, 0.3) is 0 Å². The number of hydrogen-bond donors (Lipinski definition) is 0. The SMILES string of the molecule is CCCC(C)CCC=C1CC=C1C. The van der Waals surface area contributed by atoms with Crippen LogP contribution in [0.25, 0.3) is 0 Å². The summed E-state index contributed by atoms with van der Waals surface area (Å²) in [4.78, 5) is 0. The second-order valence-electron chi connectivity index (χ2n) is 4.29. The summed E-state index contributed by atoms with van der Waals surface area (Å²) in [6.07, 6.45) is 11.3. The van der Waals surface area contributed by atoms with E-state index in [1.807, 2.05) is 0 Å². The van der Waals surface area contributed by atoms with Crippen LogP contribution in [0.3, 0.4) is 0 Å². The molecule has 1 aliphatic rings. The highest BCUT2D eigenvalue weighted by Gasteiger charge is 2.07. The average Bonchev–Trinajstić information content (AvgIpc) is 2.10. The van der Waals surface area contributed by atoms with E-state index < -0.39 is 0 Å². The first-order chi connectivity index (χ1) is 6.24. The highest BCUT2D eigenvalue weighted by molar-refractivity contribution is 5.39. The fourth-order valence-corrected chi connectivity index (χ4v) is 1.85. The molecular weight excluding hydrogens is 156 g/mol. The number of rotatable bonds is 5. The average molecular weight is 178 g/mol. The van der Waals surface area contributed by atoms with E-state index in [9.17, 15) is 0 Å². The van der Waals surface area contributed by atoms with Gasteiger partial charge >= 0.3 is 0 Å². The van der Waals surface area contributed by atoms with E-state index in [4.69, 9.17) is 0 Å². The first-order valence-corrected chi connectivity index (χ1v) is 5.60. The molecule has 1 unspecified atom stereocenters. The zero-order valence-corrected chi connectivity index (χ0v) is 9.27. The molecule has 1 rings (SSSR count). The summed E-state index contributed by atoms with van der Waals surface area (Å²) in [6.45, 7) is 6.85. The zero-order valence-electron chi connectivity index (χ0n) is 9.27. The van der Waals surface area contributed by atoms with Crippen molar-refractivity contribution in [1.29, 1.82) is 0 Å². The van der Waals surface area contributed by atoms with Gasteiger partial charge in [0, 0.05) is 0 Å². The molecule has 0 amide bonds. The molecule has 0 nitrogen and oxygen atoms in total. The minimum absolute atomic E-state index is 0.909. The van der Waals surface area contributed by atoms with Crippen LogP contribution in [0, 0.1) is 5.92 Å².